The molecule has 0 saturated carbocycles. The highest BCUT2D eigenvalue weighted by Crippen LogP contribution is 2.33. The van der Waals surface area contributed by atoms with Gasteiger partial charge in [-0.25, -0.2) is 4.79 Å². The van der Waals surface area contributed by atoms with Crippen molar-refractivity contribution in [1.82, 2.24) is 0 Å². The molecule has 0 spiro atoms. The first-order valence-electron chi connectivity index (χ1n) is 5.83. The van der Waals surface area contributed by atoms with Crippen molar-refractivity contribution in [3.8, 4) is 0 Å². The fourth-order valence-electron chi connectivity index (χ4n) is 2.36. The molecule has 1 amide bonds. The molecule has 0 bridgehead atoms. The minimum atomic E-state index is -0.999. The van der Waals surface area contributed by atoms with E-state index in [0.29, 0.717) is 5.69 Å². The number of rotatable bonds is 2. The van der Waals surface area contributed by atoms with Gasteiger partial charge >= 0.3 is 5.97 Å². The second kappa shape index (κ2) is 4.33. The van der Waals surface area contributed by atoms with Crippen LogP contribution in [-0.4, -0.2) is 30.1 Å². The number of fused-ring (bicyclic) bond motifs is 1. The molecule has 1 atom stereocenters. The summed E-state index contributed by atoms with van der Waals surface area (Å²) >= 11 is 0. The van der Waals surface area contributed by atoms with Gasteiger partial charge in [0, 0.05) is 7.05 Å². The summed E-state index contributed by atoms with van der Waals surface area (Å²) in [6.45, 7) is 3.97. The maximum Gasteiger partial charge on any atom is 0.335 e. The van der Waals surface area contributed by atoms with E-state index in [-0.39, 0.29) is 23.4 Å². The number of carboxylic acids is 1. The second-order valence-corrected chi connectivity index (χ2v) is 4.83. The van der Waals surface area contributed by atoms with Gasteiger partial charge in [0.25, 0.3) is 0 Å². The molecule has 0 radical (unpaired) electrons. The molecule has 1 heterocycles. The van der Waals surface area contributed by atoms with Crippen LogP contribution in [0.15, 0.2) is 18.2 Å². The highest BCUT2D eigenvalue weighted by Gasteiger charge is 2.32. The summed E-state index contributed by atoms with van der Waals surface area (Å²) in [7, 11) is 1.85. The molecule has 0 unspecified atom stereocenters. The summed E-state index contributed by atoms with van der Waals surface area (Å²) in [5.41, 5.74) is 1.57. The number of benzene rings is 1. The Morgan fingerprint density at radius 3 is 2.67 bits per heavy atom. The van der Waals surface area contributed by atoms with Crippen LogP contribution < -0.4 is 10.2 Å². The summed E-state index contributed by atoms with van der Waals surface area (Å²) in [4.78, 5) is 24.8. The van der Waals surface area contributed by atoms with Gasteiger partial charge < -0.3 is 15.3 Å². The van der Waals surface area contributed by atoms with Gasteiger partial charge in [-0.15, -0.1) is 0 Å². The summed E-state index contributed by atoms with van der Waals surface area (Å²) in [5, 5.41) is 11.7. The van der Waals surface area contributed by atoms with E-state index < -0.39 is 5.97 Å². The molecular weight excluding hydrogens is 232 g/mol. The third kappa shape index (κ3) is 1.92. The predicted octanol–water partition coefficient (Wildman–Crippen LogP) is 1.80. The van der Waals surface area contributed by atoms with Crippen LogP contribution in [0.5, 0.6) is 0 Å². The van der Waals surface area contributed by atoms with E-state index in [9.17, 15) is 9.59 Å². The average molecular weight is 248 g/mol. The zero-order chi connectivity index (χ0) is 13.4. The Bertz CT molecular complexity index is 511. The Kier molecular flexibility index (Phi) is 2.98. The van der Waals surface area contributed by atoms with Gasteiger partial charge in [0.1, 0.15) is 6.04 Å². The van der Waals surface area contributed by atoms with Crippen molar-refractivity contribution >= 4 is 23.3 Å². The summed E-state index contributed by atoms with van der Waals surface area (Å²) in [6, 6.07) is 4.54. The molecule has 1 aliphatic rings. The number of aromatic carboxylic acids is 1. The van der Waals surface area contributed by atoms with Crippen molar-refractivity contribution in [3.05, 3.63) is 23.8 Å². The highest BCUT2D eigenvalue weighted by molar-refractivity contribution is 6.05. The van der Waals surface area contributed by atoms with Crippen LogP contribution in [0.1, 0.15) is 24.2 Å². The normalized spacial score (nSPS) is 18.6. The molecule has 0 saturated heterocycles. The lowest BCUT2D eigenvalue weighted by Crippen LogP contribution is -2.49. The molecule has 2 N–H and O–H groups in total. The first kappa shape index (κ1) is 12.4. The Balaban J connectivity index is 2.45. The van der Waals surface area contributed by atoms with Gasteiger partial charge in [-0.1, -0.05) is 13.8 Å². The van der Waals surface area contributed by atoms with Gasteiger partial charge in [-0.2, -0.15) is 0 Å². The van der Waals surface area contributed by atoms with Crippen LogP contribution in [0.3, 0.4) is 0 Å². The Hall–Kier alpha value is -2.04. The zero-order valence-electron chi connectivity index (χ0n) is 10.6. The molecule has 5 heteroatoms. The van der Waals surface area contributed by atoms with Crippen LogP contribution in [0.2, 0.25) is 0 Å². The number of carbonyl (C=O) groups is 2. The number of hydrogen-bond donors (Lipinski definition) is 2. The number of carboxylic acid groups (broad SMARTS) is 1. The molecule has 1 aromatic rings. The SMILES string of the molecule is CC(C)[C@H]1C(=O)Nc2cc(C(=O)O)ccc2N1C. The summed E-state index contributed by atoms with van der Waals surface area (Å²) < 4.78 is 0. The van der Waals surface area contributed by atoms with Crippen molar-refractivity contribution in [1.29, 1.82) is 0 Å². The van der Waals surface area contributed by atoms with Crippen molar-refractivity contribution < 1.29 is 14.7 Å². The summed E-state index contributed by atoms with van der Waals surface area (Å²) in [6.07, 6.45) is 0. The number of carbonyl (C=O) groups excluding carboxylic acids is 1. The third-order valence-corrected chi connectivity index (χ3v) is 3.20. The Labute approximate surface area is 105 Å². The van der Waals surface area contributed by atoms with Crippen molar-refractivity contribution in [2.75, 3.05) is 17.3 Å². The number of amides is 1. The molecule has 96 valence electrons. The standard InChI is InChI=1S/C13H16N2O3/c1-7(2)11-12(16)14-9-6-8(13(17)18)4-5-10(9)15(11)3/h4-7,11H,1-3H3,(H,14,16)(H,17,18)/t11-/m0/s1. The summed E-state index contributed by atoms with van der Waals surface area (Å²) in [5.74, 6) is -0.912. The minimum absolute atomic E-state index is 0.0949. The number of hydrogen-bond acceptors (Lipinski definition) is 3. The number of nitrogens with one attached hydrogen (secondary N) is 1. The quantitative estimate of drug-likeness (QED) is 0.837. The zero-order valence-corrected chi connectivity index (χ0v) is 10.6. The maximum atomic E-state index is 12.0. The number of nitrogens with zero attached hydrogens (tertiary/aromatic N) is 1. The molecule has 1 aromatic carbocycles. The van der Waals surface area contributed by atoms with Crippen molar-refractivity contribution in [3.63, 3.8) is 0 Å². The lowest BCUT2D eigenvalue weighted by molar-refractivity contribution is -0.118. The smallest absolute Gasteiger partial charge is 0.335 e. The monoisotopic (exact) mass is 248 g/mol. The lowest BCUT2D eigenvalue weighted by atomic mass is 9.98. The highest BCUT2D eigenvalue weighted by atomic mass is 16.4. The largest absolute Gasteiger partial charge is 0.478 e. The van der Waals surface area contributed by atoms with Crippen LogP contribution in [0.25, 0.3) is 0 Å². The van der Waals surface area contributed by atoms with Crippen LogP contribution in [0, 0.1) is 5.92 Å². The first-order chi connectivity index (χ1) is 8.41. The van der Waals surface area contributed by atoms with Gasteiger partial charge in [0.15, 0.2) is 0 Å². The second-order valence-electron chi connectivity index (χ2n) is 4.83. The van der Waals surface area contributed by atoms with Crippen molar-refractivity contribution in [2.24, 2.45) is 5.92 Å². The number of likely N-dealkylation sites (N-methyl/N-ethyl adjacent to an activating group) is 1. The minimum Gasteiger partial charge on any atom is -0.478 e. The van der Waals surface area contributed by atoms with Crippen LogP contribution in [0.4, 0.5) is 11.4 Å². The third-order valence-electron chi connectivity index (χ3n) is 3.20. The first-order valence-corrected chi connectivity index (χ1v) is 5.83. The molecule has 0 fully saturated rings. The van der Waals surface area contributed by atoms with E-state index in [2.05, 4.69) is 5.32 Å². The molecule has 5 nitrogen and oxygen atoms in total. The average Bonchev–Trinajstić information content (AvgIpc) is 2.27. The molecular formula is C13H16N2O3. The van der Waals surface area contributed by atoms with Gasteiger partial charge in [-0.3, -0.25) is 4.79 Å². The molecule has 1 aliphatic heterocycles. The van der Waals surface area contributed by atoms with E-state index in [1.54, 1.807) is 12.1 Å². The van der Waals surface area contributed by atoms with Gasteiger partial charge in [-0.05, 0) is 24.1 Å². The van der Waals surface area contributed by atoms with Crippen molar-refractivity contribution in [2.45, 2.75) is 19.9 Å². The topological polar surface area (TPSA) is 69.6 Å². The van der Waals surface area contributed by atoms with E-state index in [4.69, 9.17) is 5.11 Å². The van der Waals surface area contributed by atoms with E-state index in [1.165, 1.54) is 6.07 Å². The van der Waals surface area contributed by atoms with Crippen LogP contribution >= 0.6 is 0 Å². The van der Waals surface area contributed by atoms with Gasteiger partial charge in [0.2, 0.25) is 5.91 Å². The molecule has 18 heavy (non-hydrogen) atoms. The maximum absolute atomic E-state index is 12.0. The Morgan fingerprint density at radius 2 is 2.11 bits per heavy atom. The van der Waals surface area contributed by atoms with Gasteiger partial charge in [0.05, 0.1) is 16.9 Å². The molecule has 0 aliphatic carbocycles. The lowest BCUT2D eigenvalue weighted by Gasteiger charge is -2.37. The van der Waals surface area contributed by atoms with E-state index >= 15 is 0 Å². The molecule has 2 rings (SSSR count). The fraction of sp³-hybridized carbons (Fsp3) is 0.385. The van der Waals surface area contributed by atoms with E-state index in [1.807, 2.05) is 25.8 Å². The fourth-order valence-corrected chi connectivity index (χ4v) is 2.36. The predicted molar refractivity (Wildman–Crippen MR) is 69.1 cm³/mol. The number of anilines is 2. The van der Waals surface area contributed by atoms with E-state index in [0.717, 1.165) is 5.69 Å². The van der Waals surface area contributed by atoms with Crippen LogP contribution in [-0.2, 0) is 4.79 Å². The molecule has 0 aromatic heterocycles. The Morgan fingerprint density at radius 1 is 1.44 bits per heavy atom.